The van der Waals surface area contributed by atoms with E-state index in [1.165, 1.54) is 6.07 Å². The first-order valence-corrected chi connectivity index (χ1v) is 7.05. The molecule has 0 bridgehead atoms. The SMILES string of the molecule is CC(C)(C)CCC(C)(O)Cc1ccc(F)c(Br)c1. The molecule has 1 N–H and O–H groups in total. The van der Waals surface area contributed by atoms with Crippen molar-refractivity contribution in [1.29, 1.82) is 0 Å². The van der Waals surface area contributed by atoms with E-state index in [1.54, 1.807) is 12.1 Å². The molecule has 1 nitrogen and oxygen atoms in total. The minimum Gasteiger partial charge on any atom is -0.390 e. The molecule has 1 atom stereocenters. The van der Waals surface area contributed by atoms with Crippen molar-refractivity contribution in [2.24, 2.45) is 5.41 Å². The Labute approximate surface area is 118 Å². The second-order valence-electron chi connectivity index (χ2n) is 6.48. The summed E-state index contributed by atoms with van der Waals surface area (Å²) < 4.78 is 13.6. The maximum atomic E-state index is 13.1. The number of rotatable bonds is 4. The fourth-order valence-electron chi connectivity index (χ4n) is 1.82. The summed E-state index contributed by atoms with van der Waals surface area (Å²) in [5.41, 5.74) is 0.417. The maximum Gasteiger partial charge on any atom is 0.137 e. The smallest absolute Gasteiger partial charge is 0.137 e. The molecule has 0 saturated carbocycles. The second-order valence-corrected chi connectivity index (χ2v) is 7.34. The Balaban J connectivity index is 2.67. The third-order valence-corrected chi connectivity index (χ3v) is 3.59. The van der Waals surface area contributed by atoms with Gasteiger partial charge in [-0.1, -0.05) is 26.8 Å². The Morgan fingerprint density at radius 2 is 1.78 bits per heavy atom. The van der Waals surface area contributed by atoms with Gasteiger partial charge >= 0.3 is 0 Å². The quantitative estimate of drug-likeness (QED) is 0.853. The van der Waals surface area contributed by atoms with Crippen LogP contribution in [0.25, 0.3) is 0 Å². The first kappa shape index (κ1) is 15.6. The lowest BCUT2D eigenvalue weighted by Crippen LogP contribution is -2.29. The second kappa shape index (κ2) is 5.70. The lowest BCUT2D eigenvalue weighted by atomic mass is 9.83. The Morgan fingerprint density at radius 1 is 1.17 bits per heavy atom. The molecule has 0 saturated heterocycles. The third kappa shape index (κ3) is 5.49. The number of halogens is 2. The van der Waals surface area contributed by atoms with Crippen molar-refractivity contribution >= 4 is 15.9 Å². The van der Waals surface area contributed by atoms with Crippen LogP contribution in [-0.2, 0) is 6.42 Å². The lowest BCUT2D eigenvalue weighted by Gasteiger charge is -2.28. The molecular formula is C15H22BrFO. The summed E-state index contributed by atoms with van der Waals surface area (Å²) >= 11 is 3.17. The Morgan fingerprint density at radius 3 is 2.28 bits per heavy atom. The van der Waals surface area contributed by atoms with Crippen LogP contribution in [0.1, 0.15) is 46.1 Å². The number of benzene rings is 1. The molecule has 1 aromatic carbocycles. The fourth-order valence-corrected chi connectivity index (χ4v) is 2.25. The molecule has 0 aliphatic heterocycles. The first-order chi connectivity index (χ1) is 8.09. The molecule has 1 rings (SSSR count). The molecule has 0 aliphatic rings. The zero-order chi connectivity index (χ0) is 14.0. The topological polar surface area (TPSA) is 20.2 Å². The van der Waals surface area contributed by atoms with Crippen LogP contribution >= 0.6 is 15.9 Å². The monoisotopic (exact) mass is 316 g/mol. The van der Waals surface area contributed by atoms with Gasteiger partial charge in [-0.05, 0) is 58.8 Å². The summed E-state index contributed by atoms with van der Waals surface area (Å²) in [7, 11) is 0. The van der Waals surface area contributed by atoms with E-state index in [0.717, 1.165) is 18.4 Å². The van der Waals surface area contributed by atoms with E-state index in [4.69, 9.17) is 0 Å². The summed E-state index contributed by atoms with van der Waals surface area (Å²) in [6.07, 6.45) is 2.25. The predicted molar refractivity (Wildman–Crippen MR) is 77.1 cm³/mol. The summed E-state index contributed by atoms with van der Waals surface area (Å²) in [5.74, 6) is -0.270. The minimum atomic E-state index is -0.745. The van der Waals surface area contributed by atoms with Gasteiger partial charge in [0.25, 0.3) is 0 Å². The van der Waals surface area contributed by atoms with Crippen LogP contribution in [0, 0.1) is 11.2 Å². The van der Waals surface area contributed by atoms with Crippen molar-refractivity contribution in [2.45, 2.75) is 52.6 Å². The largest absolute Gasteiger partial charge is 0.390 e. The molecular weight excluding hydrogens is 295 g/mol. The molecule has 0 radical (unpaired) electrons. The highest BCUT2D eigenvalue weighted by atomic mass is 79.9. The number of hydrogen-bond donors (Lipinski definition) is 1. The van der Waals surface area contributed by atoms with Crippen molar-refractivity contribution in [3.63, 3.8) is 0 Å². The zero-order valence-corrected chi connectivity index (χ0v) is 13.1. The molecule has 1 aromatic rings. The van der Waals surface area contributed by atoms with E-state index in [-0.39, 0.29) is 11.2 Å². The highest BCUT2D eigenvalue weighted by molar-refractivity contribution is 9.10. The van der Waals surface area contributed by atoms with Gasteiger partial charge in [-0.15, -0.1) is 0 Å². The predicted octanol–water partition coefficient (Wildman–Crippen LogP) is 4.71. The Hall–Kier alpha value is -0.410. The third-order valence-electron chi connectivity index (χ3n) is 2.98. The van der Waals surface area contributed by atoms with E-state index in [1.807, 2.05) is 6.92 Å². The van der Waals surface area contributed by atoms with Gasteiger partial charge < -0.3 is 5.11 Å². The highest BCUT2D eigenvalue weighted by Crippen LogP contribution is 2.28. The lowest BCUT2D eigenvalue weighted by molar-refractivity contribution is 0.0396. The van der Waals surface area contributed by atoms with Crippen molar-refractivity contribution in [1.82, 2.24) is 0 Å². The number of hydrogen-bond acceptors (Lipinski definition) is 1. The normalized spacial score (nSPS) is 15.5. The first-order valence-electron chi connectivity index (χ1n) is 6.25. The molecule has 0 amide bonds. The standard InChI is InChI=1S/C15H22BrFO/c1-14(2,3)7-8-15(4,18)10-11-5-6-13(17)12(16)9-11/h5-6,9,18H,7-8,10H2,1-4H3. The van der Waals surface area contributed by atoms with E-state index in [2.05, 4.69) is 36.7 Å². The molecule has 0 spiro atoms. The molecule has 0 fully saturated rings. The van der Waals surface area contributed by atoms with E-state index in [9.17, 15) is 9.50 Å². The van der Waals surface area contributed by atoms with Crippen LogP contribution in [0.3, 0.4) is 0 Å². The van der Waals surface area contributed by atoms with Crippen LogP contribution in [0.2, 0.25) is 0 Å². The summed E-state index contributed by atoms with van der Waals surface area (Å²) in [6.45, 7) is 8.34. The number of aliphatic hydroxyl groups is 1. The Kier molecular flexibility index (Phi) is 4.96. The van der Waals surface area contributed by atoms with E-state index >= 15 is 0 Å². The van der Waals surface area contributed by atoms with Crippen molar-refractivity contribution in [2.75, 3.05) is 0 Å². The maximum absolute atomic E-state index is 13.1. The fraction of sp³-hybridized carbons (Fsp3) is 0.600. The molecule has 3 heteroatoms. The van der Waals surface area contributed by atoms with Crippen LogP contribution in [-0.4, -0.2) is 10.7 Å². The average Bonchev–Trinajstić information content (AvgIpc) is 2.20. The molecule has 102 valence electrons. The van der Waals surface area contributed by atoms with Gasteiger partial charge in [-0.3, -0.25) is 0 Å². The summed E-state index contributed by atoms with van der Waals surface area (Å²) in [4.78, 5) is 0. The molecule has 0 aliphatic carbocycles. The molecule has 1 unspecified atom stereocenters. The van der Waals surface area contributed by atoms with Crippen molar-refractivity contribution in [3.8, 4) is 0 Å². The van der Waals surface area contributed by atoms with Gasteiger partial charge in [0, 0.05) is 6.42 Å². The van der Waals surface area contributed by atoms with E-state index < -0.39 is 5.60 Å². The van der Waals surface area contributed by atoms with Gasteiger partial charge in [0.2, 0.25) is 0 Å². The van der Waals surface area contributed by atoms with Crippen LogP contribution < -0.4 is 0 Å². The van der Waals surface area contributed by atoms with Gasteiger partial charge in [-0.2, -0.15) is 0 Å². The minimum absolute atomic E-state index is 0.216. The molecule has 18 heavy (non-hydrogen) atoms. The average molecular weight is 317 g/mol. The Bertz CT molecular complexity index is 407. The van der Waals surface area contributed by atoms with Crippen LogP contribution in [0.5, 0.6) is 0 Å². The highest BCUT2D eigenvalue weighted by Gasteiger charge is 2.24. The summed E-state index contributed by atoms with van der Waals surface area (Å²) in [5, 5.41) is 10.4. The van der Waals surface area contributed by atoms with Crippen LogP contribution in [0.15, 0.2) is 22.7 Å². The van der Waals surface area contributed by atoms with Crippen LogP contribution in [0.4, 0.5) is 4.39 Å². The van der Waals surface area contributed by atoms with Gasteiger partial charge in [0.15, 0.2) is 0 Å². The summed E-state index contributed by atoms with van der Waals surface area (Å²) in [6, 6.07) is 4.89. The van der Waals surface area contributed by atoms with E-state index in [0.29, 0.717) is 10.9 Å². The van der Waals surface area contributed by atoms with Gasteiger partial charge in [0.1, 0.15) is 5.82 Å². The van der Waals surface area contributed by atoms with Crippen molar-refractivity contribution in [3.05, 3.63) is 34.1 Å². The van der Waals surface area contributed by atoms with Gasteiger partial charge in [-0.25, -0.2) is 4.39 Å². The zero-order valence-electron chi connectivity index (χ0n) is 11.6. The van der Waals surface area contributed by atoms with Crippen molar-refractivity contribution < 1.29 is 9.50 Å². The molecule has 0 aromatic heterocycles. The molecule has 0 heterocycles. The van der Waals surface area contributed by atoms with Gasteiger partial charge in [0.05, 0.1) is 10.1 Å².